The molecule has 5 heteroatoms. The zero-order valence-corrected chi connectivity index (χ0v) is 11.9. The molecular formula is C14H25N3O2. The summed E-state index contributed by atoms with van der Waals surface area (Å²) in [5.74, 6) is 0.411. The van der Waals surface area contributed by atoms with Crippen molar-refractivity contribution in [3.05, 3.63) is 0 Å². The molecule has 108 valence electrons. The summed E-state index contributed by atoms with van der Waals surface area (Å²) in [7, 11) is 0. The van der Waals surface area contributed by atoms with E-state index in [1.807, 2.05) is 0 Å². The highest BCUT2D eigenvalue weighted by molar-refractivity contribution is 6.07. The van der Waals surface area contributed by atoms with Crippen LogP contribution in [0.15, 0.2) is 0 Å². The molecule has 1 aliphatic carbocycles. The number of nitrogens with zero attached hydrogens (tertiary/aromatic N) is 1. The molecule has 0 aromatic carbocycles. The summed E-state index contributed by atoms with van der Waals surface area (Å²) in [6.07, 6.45) is 4.78. The molecule has 0 radical (unpaired) electrons. The number of nitrogens with one attached hydrogen (secondary N) is 1. The van der Waals surface area contributed by atoms with E-state index in [1.54, 1.807) is 0 Å². The molecule has 0 bridgehead atoms. The number of hydrogen-bond acceptors (Lipinski definition) is 3. The predicted octanol–water partition coefficient (Wildman–Crippen LogP) is 1.47. The molecule has 1 heterocycles. The van der Waals surface area contributed by atoms with Gasteiger partial charge in [0.15, 0.2) is 0 Å². The van der Waals surface area contributed by atoms with E-state index in [9.17, 15) is 9.59 Å². The van der Waals surface area contributed by atoms with Crippen molar-refractivity contribution in [2.24, 2.45) is 17.6 Å². The van der Waals surface area contributed by atoms with Crippen LogP contribution in [-0.2, 0) is 4.79 Å². The molecule has 1 saturated carbocycles. The van der Waals surface area contributed by atoms with Crippen molar-refractivity contribution in [3.63, 3.8) is 0 Å². The number of rotatable bonds is 4. The number of carbonyl (C=O) groups excluding carboxylic acids is 2. The van der Waals surface area contributed by atoms with E-state index in [2.05, 4.69) is 19.2 Å². The molecule has 0 aromatic heterocycles. The first-order chi connectivity index (χ1) is 9.04. The Morgan fingerprint density at radius 1 is 1.26 bits per heavy atom. The average Bonchev–Trinajstić information content (AvgIpc) is 2.62. The van der Waals surface area contributed by atoms with Gasteiger partial charge in [0.1, 0.15) is 5.54 Å². The maximum atomic E-state index is 12.7. The molecule has 2 unspecified atom stereocenters. The molecule has 2 atom stereocenters. The fraction of sp³-hybridized carbons (Fsp3) is 0.857. The third-order valence-corrected chi connectivity index (χ3v) is 4.82. The Kier molecular flexibility index (Phi) is 4.13. The van der Waals surface area contributed by atoms with Gasteiger partial charge in [-0.3, -0.25) is 9.69 Å². The number of imide groups is 1. The van der Waals surface area contributed by atoms with Gasteiger partial charge in [0, 0.05) is 6.54 Å². The maximum absolute atomic E-state index is 12.7. The van der Waals surface area contributed by atoms with Gasteiger partial charge >= 0.3 is 6.03 Å². The van der Waals surface area contributed by atoms with Crippen molar-refractivity contribution >= 4 is 11.9 Å². The van der Waals surface area contributed by atoms with Crippen LogP contribution in [0.1, 0.15) is 46.0 Å². The molecule has 2 fully saturated rings. The van der Waals surface area contributed by atoms with Crippen molar-refractivity contribution in [1.82, 2.24) is 10.2 Å². The van der Waals surface area contributed by atoms with Crippen molar-refractivity contribution in [1.29, 1.82) is 0 Å². The number of amides is 3. The Bertz CT molecular complexity index is 360. The Balaban J connectivity index is 2.15. The van der Waals surface area contributed by atoms with Crippen LogP contribution >= 0.6 is 0 Å². The van der Waals surface area contributed by atoms with Crippen LogP contribution in [0.5, 0.6) is 0 Å². The summed E-state index contributed by atoms with van der Waals surface area (Å²) >= 11 is 0. The third kappa shape index (κ3) is 2.24. The van der Waals surface area contributed by atoms with Gasteiger partial charge in [0.05, 0.1) is 0 Å². The normalized spacial score (nSPS) is 35.0. The van der Waals surface area contributed by atoms with Gasteiger partial charge in [0.2, 0.25) is 0 Å². The highest BCUT2D eigenvalue weighted by Crippen LogP contribution is 2.42. The lowest BCUT2D eigenvalue weighted by molar-refractivity contribution is -0.136. The molecule has 2 rings (SSSR count). The van der Waals surface area contributed by atoms with Crippen LogP contribution in [-0.4, -0.2) is 35.5 Å². The molecule has 3 amide bonds. The van der Waals surface area contributed by atoms with Gasteiger partial charge in [-0.2, -0.15) is 0 Å². The van der Waals surface area contributed by atoms with Crippen LogP contribution in [0.25, 0.3) is 0 Å². The van der Waals surface area contributed by atoms with E-state index in [0.29, 0.717) is 13.1 Å². The Morgan fingerprint density at radius 3 is 2.47 bits per heavy atom. The topological polar surface area (TPSA) is 75.4 Å². The Hall–Kier alpha value is -1.10. The molecule has 0 aromatic rings. The molecule has 1 saturated heterocycles. The highest BCUT2D eigenvalue weighted by Gasteiger charge is 2.57. The predicted molar refractivity (Wildman–Crippen MR) is 73.4 cm³/mol. The minimum Gasteiger partial charge on any atom is -0.330 e. The number of nitrogens with two attached hydrogens (primary N) is 1. The SMILES string of the molecule is CC1CCCC(C)C12NC(=O)N(CCCCN)C2=O. The number of hydrogen-bond donors (Lipinski definition) is 2. The molecule has 2 aliphatic rings. The lowest BCUT2D eigenvalue weighted by atomic mass is 9.67. The van der Waals surface area contributed by atoms with E-state index >= 15 is 0 Å². The average molecular weight is 267 g/mol. The van der Waals surface area contributed by atoms with Crippen LogP contribution in [0.2, 0.25) is 0 Å². The van der Waals surface area contributed by atoms with Gasteiger partial charge in [-0.05, 0) is 44.1 Å². The largest absolute Gasteiger partial charge is 0.330 e. The molecule has 5 nitrogen and oxygen atoms in total. The molecule has 1 spiro atoms. The number of unbranched alkanes of at least 4 members (excludes halogenated alkanes) is 1. The van der Waals surface area contributed by atoms with Crippen molar-refractivity contribution in [3.8, 4) is 0 Å². The summed E-state index contributed by atoms with van der Waals surface area (Å²) in [4.78, 5) is 26.2. The van der Waals surface area contributed by atoms with E-state index in [-0.39, 0.29) is 23.8 Å². The van der Waals surface area contributed by atoms with Gasteiger partial charge in [0.25, 0.3) is 5.91 Å². The second-order valence-corrected chi connectivity index (χ2v) is 5.98. The van der Waals surface area contributed by atoms with E-state index in [1.165, 1.54) is 4.90 Å². The minimum absolute atomic E-state index is 0.0192. The fourth-order valence-corrected chi connectivity index (χ4v) is 3.57. The minimum atomic E-state index is -0.655. The third-order valence-electron chi connectivity index (χ3n) is 4.82. The Morgan fingerprint density at radius 2 is 1.89 bits per heavy atom. The van der Waals surface area contributed by atoms with Crippen molar-refractivity contribution < 1.29 is 9.59 Å². The summed E-state index contributed by atoms with van der Waals surface area (Å²) < 4.78 is 0. The number of urea groups is 1. The first-order valence-corrected chi connectivity index (χ1v) is 7.38. The standard InChI is InChI=1S/C14H25N3O2/c1-10-6-5-7-11(2)14(10)12(18)17(13(19)16-14)9-4-3-8-15/h10-11H,3-9,15H2,1-2H3,(H,16,19). The first kappa shape index (κ1) is 14.3. The van der Waals surface area contributed by atoms with Crippen molar-refractivity contribution in [2.75, 3.05) is 13.1 Å². The zero-order chi connectivity index (χ0) is 14.0. The molecule has 19 heavy (non-hydrogen) atoms. The van der Waals surface area contributed by atoms with E-state index < -0.39 is 5.54 Å². The van der Waals surface area contributed by atoms with Gasteiger partial charge < -0.3 is 11.1 Å². The van der Waals surface area contributed by atoms with Crippen LogP contribution in [0.3, 0.4) is 0 Å². The summed E-state index contributed by atoms with van der Waals surface area (Å²) in [6, 6.07) is -0.220. The lowest BCUT2D eigenvalue weighted by Gasteiger charge is -2.42. The smallest absolute Gasteiger partial charge is 0.325 e. The van der Waals surface area contributed by atoms with E-state index in [0.717, 1.165) is 32.1 Å². The molecule has 1 aliphatic heterocycles. The van der Waals surface area contributed by atoms with Crippen LogP contribution in [0, 0.1) is 11.8 Å². The van der Waals surface area contributed by atoms with E-state index in [4.69, 9.17) is 5.73 Å². The molecular weight excluding hydrogens is 242 g/mol. The van der Waals surface area contributed by atoms with Gasteiger partial charge in [-0.1, -0.05) is 20.3 Å². The van der Waals surface area contributed by atoms with Crippen molar-refractivity contribution in [2.45, 2.75) is 51.5 Å². The quantitative estimate of drug-likeness (QED) is 0.598. The summed E-state index contributed by atoms with van der Waals surface area (Å²) in [5.41, 5.74) is 4.80. The Labute approximate surface area is 114 Å². The zero-order valence-electron chi connectivity index (χ0n) is 11.9. The first-order valence-electron chi connectivity index (χ1n) is 7.38. The highest BCUT2D eigenvalue weighted by atomic mass is 16.2. The fourth-order valence-electron chi connectivity index (χ4n) is 3.57. The monoisotopic (exact) mass is 267 g/mol. The second-order valence-electron chi connectivity index (χ2n) is 5.98. The summed E-state index contributed by atoms with van der Waals surface area (Å²) in [6.45, 7) is 5.25. The summed E-state index contributed by atoms with van der Waals surface area (Å²) in [5, 5.41) is 3.00. The van der Waals surface area contributed by atoms with Crippen LogP contribution in [0.4, 0.5) is 4.79 Å². The van der Waals surface area contributed by atoms with Crippen LogP contribution < -0.4 is 11.1 Å². The molecule has 3 N–H and O–H groups in total. The second kappa shape index (κ2) is 5.49. The van der Waals surface area contributed by atoms with Gasteiger partial charge in [-0.25, -0.2) is 4.79 Å². The van der Waals surface area contributed by atoms with Gasteiger partial charge in [-0.15, -0.1) is 0 Å². The lowest BCUT2D eigenvalue weighted by Crippen LogP contribution is -2.58. The number of carbonyl (C=O) groups is 2. The maximum Gasteiger partial charge on any atom is 0.325 e.